The highest BCUT2D eigenvalue weighted by Crippen LogP contribution is 2.43. The molecule has 0 saturated heterocycles. The van der Waals surface area contributed by atoms with Crippen LogP contribution in [0.25, 0.3) is 38.6 Å². The average Bonchev–Trinajstić information content (AvgIpc) is 3.92. The molecular weight excluding hydrogens is 659 g/mol. The Kier molecular flexibility index (Phi) is 8.28. The van der Waals surface area contributed by atoms with Gasteiger partial charge in [-0.3, -0.25) is 14.4 Å². The van der Waals surface area contributed by atoms with Gasteiger partial charge in [-0.2, -0.15) is 5.10 Å². The summed E-state index contributed by atoms with van der Waals surface area (Å²) in [4.78, 5) is 17.3. The fourth-order valence-electron chi connectivity index (χ4n) is 6.63. The Balaban J connectivity index is 1.40. The van der Waals surface area contributed by atoms with Crippen LogP contribution in [0, 0.1) is 0 Å². The van der Waals surface area contributed by atoms with Crippen molar-refractivity contribution in [1.82, 2.24) is 19.2 Å². The van der Waals surface area contributed by atoms with Gasteiger partial charge in [-0.05, 0) is 59.3 Å². The van der Waals surface area contributed by atoms with Gasteiger partial charge in [0.2, 0.25) is 0 Å². The second-order valence-electron chi connectivity index (χ2n) is 11.8. The maximum Gasteiger partial charge on any atom is 0.409 e. The van der Waals surface area contributed by atoms with Crippen LogP contribution in [0.15, 0.2) is 162 Å². The minimum atomic E-state index is -1.11. The Morgan fingerprint density at radius 1 is 0.740 bits per heavy atom. The van der Waals surface area contributed by atoms with Gasteiger partial charge < -0.3 is 5.11 Å². The number of aromatic nitrogens is 4. The lowest BCUT2D eigenvalue weighted by Crippen LogP contribution is -2.38. The van der Waals surface area contributed by atoms with Crippen molar-refractivity contribution in [2.75, 3.05) is 11.6 Å². The third-order valence-corrected chi connectivity index (χ3v) is 11.1. The van der Waals surface area contributed by atoms with E-state index < -0.39 is 11.6 Å². The predicted octanol–water partition coefficient (Wildman–Crippen LogP) is 10.2. The van der Waals surface area contributed by atoms with Crippen molar-refractivity contribution in [2.45, 2.75) is 9.75 Å². The van der Waals surface area contributed by atoms with Gasteiger partial charge in [0.25, 0.3) is 0 Å². The molecule has 0 bridgehead atoms. The number of benzene rings is 4. The molecule has 9 heteroatoms. The van der Waals surface area contributed by atoms with Crippen LogP contribution in [0.3, 0.4) is 0 Å². The maximum atomic E-state index is 11.4. The number of pyridine rings is 1. The summed E-state index contributed by atoms with van der Waals surface area (Å²) in [6, 6.07) is 47.2. The number of amides is 1. The molecule has 8 aromatic rings. The molecule has 4 heterocycles. The van der Waals surface area contributed by atoms with E-state index in [1.54, 1.807) is 35.2 Å². The van der Waals surface area contributed by atoms with Crippen molar-refractivity contribution < 1.29 is 9.90 Å². The van der Waals surface area contributed by atoms with Gasteiger partial charge in [0.15, 0.2) is 0 Å². The molecule has 0 fully saturated rings. The molecular formula is C41H31N5O2S2. The Bertz CT molecular complexity index is 2320. The van der Waals surface area contributed by atoms with Gasteiger partial charge in [0.1, 0.15) is 16.9 Å². The van der Waals surface area contributed by atoms with Crippen LogP contribution in [-0.2, 0) is 5.54 Å². The highest BCUT2D eigenvalue weighted by Gasteiger charge is 2.40. The molecule has 244 valence electrons. The number of fused-ring (bicyclic) bond motifs is 1. The number of thiophene rings is 1. The van der Waals surface area contributed by atoms with E-state index >= 15 is 0 Å². The SMILES string of the molecule is CSc1ccc(-c2cnc3ccc(-c4cn(C(c5ccccc5)(c5ccccc5)c5ccccc5)nc4-c4ccc(NC(=O)O)cc4)cn23)s1. The number of carboxylic acid groups (broad SMARTS) is 1. The summed E-state index contributed by atoms with van der Waals surface area (Å²) in [7, 11) is 0. The van der Waals surface area contributed by atoms with Crippen molar-refractivity contribution in [1.29, 1.82) is 0 Å². The molecule has 0 aliphatic carbocycles. The zero-order valence-electron chi connectivity index (χ0n) is 27.0. The summed E-state index contributed by atoms with van der Waals surface area (Å²) in [6.07, 6.45) is 7.18. The largest absolute Gasteiger partial charge is 0.465 e. The van der Waals surface area contributed by atoms with E-state index in [1.807, 2.05) is 42.6 Å². The van der Waals surface area contributed by atoms with Gasteiger partial charge in [0, 0.05) is 34.8 Å². The Labute approximate surface area is 297 Å². The molecule has 4 aromatic carbocycles. The average molecular weight is 690 g/mol. The predicted molar refractivity (Wildman–Crippen MR) is 203 cm³/mol. The number of carbonyl (C=O) groups is 1. The van der Waals surface area contributed by atoms with Gasteiger partial charge in [-0.25, -0.2) is 9.78 Å². The Morgan fingerprint density at radius 2 is 1.34 bits per heavy atom. The van der Waals surface area contributed by atoms with Crippen molar-refractivity contribution >= 4 is 40.5 Å². The van der Waals surface area contributed by atoms with Crippen LogP contribution in [0.5, 0.6) is 0 Å². The Morgan fingerprint density at radius 3 is 1.90 bits per heavy atom. The first kappa shape index (κ1) is 31.4. The molecule has 0 radical (unpaired) electrons. The van der Waals surface area contributed by atoms with Crippen LogP contribution in [0.1, 0.15) is 16.7 Å². The molecule has 0 aliphatic rings. The van der Waals surface area contributed by atoms with Crippen molar-refractivity contribution in [3.63, 3.8) is 0 Å². The Hall–Kier alpha value is -5.90. The molecule has 8 rings (SSSR count). The molecule has 50 heavy (non-hydrogen) atoms. The zero-order valence-corrected chi connectivity index (χ0v) is 28.6. The van der Waals surface area contributed by atoms with Crippen molar-refractivity contribution in [3.8, 4) is 33.0 Å². The van der Waals surface area contributed by atoms with Crippen LogP contribution < -0.4 is 5.32 Å². The van der Waals surface area contributed by atoms with E-state index in [0.717, 1.165) is 55.3 Å². The molecule has 1 amide bonds. The first-order chi connectivity index (χ1) is 24.5. The maximum absolute atomic E-state index is 11.4. The molecule has 2 N–H and O–H groups in total. The minimum Gasteiger partial charge on any atom is -0.465 e. The number of rotatable bonds is 9. The molecule has 0 saturated carbocycles. The van der Waals surface area contributed by atoms with Gasteiger partial charge in [0.05, 0.1) is 21.0 Å². The lowest BCUT2D eigenvalue weighted by Gasteiger charge is -2.36. The number of anilines is 1. The van der Waals surface area contributed by atoms with Gasteiger partial charge in [-0.1, -0.05) is 103 Å². The van der Waals surface area contributed by atoms with E-state index in [-0.39, 0.29) is 0 Å². The summed E-state index contributed by atoms with van der Waals surface area (Å²) in [5, 5.41) is 17.2. The summed E-state index contributed by atoms with van der Waals surface area (Å²) in [5.41, 5.74) is 8.24. The van der Waals surface area contributed by atoms with Crippen molar-refractivity contribution in [3.05, 3.63) is 175 Å². The fraction of sp³-hybridized carbons (Fsp3) is 0.0488. The molecule has 0 spiro atoms. The first-order valence-electron chi connectivity index (χ1n) is 16.0. The third kappa shape index (κ3) is 5.56. The summed E-state index contributed by atoms with van der Waals surface area (Å²) < 4.78 is 5.48. The normalized spacial score (nSPS) is 11.5. The van der Waals surface area contributed by atoms with Crippen LogP contribution in [-0.4, -0.2) is 36.6 Å². The van der Waals surface area contributed by atoms with E-state index in [0.29, 0.717) is 5.69 Å². The topological polar surface area (TPSA) is 84.5 Å². The summed E-state index contributed by atoms with van der Waals surface area (Å²) >= 11 is 3.49. The monoisotopic (exact) mass is 689 g/mol. The van der Waals surface area contributed by atoms with Gasteiger partial charge >= 0.3 is 6.09 Å². The van der Waals surface area contributed by atoms with E-state index in [2.05, 4.69) is 124 Å². The molecule has 0 unspecified atom stereocenters. The molecule has 4 aromatic heterocycles. The standard InChI is InChI=1S/C41H31N5O2S2/c1-49-38-24-22-36(50-38)35-25-42-37-23-19-29(26-45(35)37)34-27-46(44-39(34)28-17-20-33(21-18-28)43-40(47)48)41(30-11-5-2-6-12-30,31-13-7-3-8-14-31)32-15-9-4-10-16-32/h2-27,43H,1H3,(H,47,48). The molecule has 0 aliphatic heterocycles. The van der Waals surface area contributed by atoms with Gasteiger partial charge in [-0.15, -0.1) is 23.1 Å². The molecule has 7 nitrogen and oxygen atoms in total. The summed E-state index contributed by atoms with van der Waals surface area (Å²) in [6.45, 7) is 0. The smallest absolute Gasteiger partial charge is 0.409 e. The quantitative estimate of drug-likeness (QED) is 0.116. The lowest BCUT2D eigenvalue weighted by molar-refractivity contribution is 0.209. The number of imidazole rings is 1. The fourth-order valence-corrected chi connectivity index (χ4v) is 8.18. The minimum absolute atomic E-state index is 0.486. The highest BCUT2D eigenvalue weighted by molar-refractivity contribution is 8.00. The van der Waals surface area contributed by atoms with Crippen LogP contribution in [0.2, 0.25) is 0 Å². The van der Waals surface area contributed by atoms with E-state index in [4.69, 9.17) is 10.1 Å². The second-order valence-corrected chi connectivity index (χ2v) is 14.0. The molecule has 0 atom stereocenters. The number of hydrogen-bond donors (Lipinski definition) is 2. The highest BCUT2D eigenvalue weighted by atomic mass is 32.2. The number of nitrogens with one attached hydrogen (secondary N) is 1. The van der Waals surface area contributed by atoms with Crippen molar-refractivity contribution in [2.24, 2.45) is 0 Å². The van der Waals surface area contributed by atoms with E-state index in [9.17, 15) is 9.90 Å². The third-order valence-electron chi connectivity index (χ3n) is 8.89. The summed E-state index contributed by atoms with van der Waals surface area (Å²) in [5.74, 6) is 0. The first-order valence-corrected chi connectivity index (χ1v) is 18.1. The number of nitrogens with zero attached hydrogens (tertiary/aromatic N) is 4. The zero-order chi connectivity index (χ0) is 34.1. The lowest BCUT2D eigenvalue weighted by atomic mass is 9.77. The van der Waals surface area contributed by atoms with Crippen LogP contribution >= 0.6 is 23.1 Å². The van der Waals surface area contributed by atoms with E-state index in [1.165, 1.54) is 4.21 Å². The van der Waals surface area contributed by atoms with Crippen LogP contribution in [0.4, 0.5) is 10.5 Å². The second kappa shape index (κ2) is 13.2. The number of hydrogen-bond acceptors (Lipinski definition) is 5. The number of thioether (sulfide) groups is 1.